The highest BCUT2D eigenvalue weighted by Crippen LogP contribution is 2.12. The number of hydrogen-bond donors (Lipinski definition) is 2. The van der Waals surface area contributed by atoms with Crippen LogP contribution in [0.4, 0.5) is 0 Å². The molecule has 3 N–H and O–H groups in total. The van der Waals surface area contributed by atoms with Crippen molar-refractivity contribution >= 4 is 16.4 Å². The second-order valence-corrected chi connectivity index (χ2v) is 3.35. The van der Waals surface area contributed by atoms with Crippen LogP contribution in [-0.4, -0.2) is 18.9 Å². The molecule has 0 aliphatic heterocycles. The van der Waals surface area contributed by atoms with E-state index in [0.717, 1.165) is 0 Å². The maximum Gasteiger partial charge on any atom is 0.449 e. The predicted octanol–water partition coefficient (Wildman–Crippen LogP) is -0.375. The number of carbonyl (C=O) groups excluding carboxylic acids is 1. The lowest BCUT2D eigenvalue weighted by Crippen LogP contribution is -2.25. The molecule has 1 heterocycles. The first-order valence-electron chi connectivity index (χ1n) is 3.40. The fourth-order valence-electron chi connectivity index (χ4n) is 0.740. The Morgan fingerprint density at radius 2 is 2.29 bits per heavy atom. The Morgan fingerprint density at radius 1 is 1.64 bits per heavy atom. The summed E-state index contributed by atoms with van der Waals surface area (Å²) in [5.74, 6) is -1.28. The van der Waals surface area contributed by atoms with E-state index in [4.69, 9.17) is 14.7 Å². The summed E-state index contributed by atoms with van der Waals surface area (Å²) >= 11 is 0. The number of carbonyl (C=O) groups is 1. The summed E-state index contributed by atoms with van der Waals surface area (Å²) < 4.78 is 36.8. The van der Waals surface area contributed by atoms with Crippen LogP contribution >= 0.6 is 0 Å². The molecule has 1 rings (SSSR count). The highest BCUT2D eigenvalue weighted by atomic mass is 32.3. The van der Waals surface area contributed by atoms with E-state index in [1.54, 1.807) is 0 Å². The molecule has 0 saturated heterocycles. The van der Waals surface area contributed by atoms with Gasteiger partial charge in [0.2, 0.25) is 0 Å². The Balaban J connectivity index is 2.72. The summed E-state index contributed by atoms with van der Waals surface area (Å²) in [7, 11) is -4.83. The molecule has 78 valence electrons. The molecular formula is C6H7NO6S. The Kier molecular flexibility index (Phi) is 2.89. The second kappa shape index (κ2) is 3.78. The fourth-order valence-corrected chi connectivity index (χ4v) is 1.05. The molecule has 0 bridgehead atoms. The van der Waals surface area contributed by atoms with Crippen molar-refractivity contribution in [2.24, 2.45) is 5.73 Å². The molecule has 0 radical (unpaired) electrons. The molecule has 1 atom stereocenters. The first-order valence-corrected chi connectivity index (χ1v) is 4.76. The smallest absolute Gasteiger partial charge is 0.449 e. The molecule has 1 aromatic heterocycles. The SMILES string of the molecule is NC(C(=O)OS(=O)(=O)O)c1ccco1. The van der Waals surface area contributed by atoms with E-state index >= 15 is 0 Å². The van der Waals surface area contributed by atoms with Gasteiger partial charge in [0.1, 0.15) is 5.76 Å². The van der Waals surface area contributed by atoms with E-state index in [9.17, 15) is 13.2 Å². The Labute approximate surface area is 79.4 Å². The van der Waals surface area contributed by atoms with Gasteiger partial charge in [-0.2, -0.15) is 8.42 Å². The molecule has 0 aliphatic rings. The number of nitrogens with two attached hydrogens (primary N) is 1. The molecule has 14 heavy (non-hydrogen) atoms. The molecule has 1 aromatic rings. The third kappa shape index (κ3) is 2.83. The standard InChI is InChI=1S/C6H7NO6S/c7-5(4-2-1-3-12-4)6(8)13-14(9,10)11/h1-3,5H,7H2,(H,9,10,11). The van der Waals surface area contributed by atoms with Crippen LogP contribution in [0.1, 0.15) is 11.8 Å². The van der Waals surface area contributed by atoms with E-state index in [2.05, 4.69) is 4.18 Å². The van der Waals surface area contributed by atoms with Crippen molar-refractivity contribution in [1.29, 1.82) is 0 Å². The summed E-state index contributed by atoms with van der Waals surface area (Å²) in [4.78, 5) is 10.9. The molecular weight excluding hydrogens is 214 g/mol. The van der Waals surface area contributed by atoms with Gasteiger partial charge in [-0.25, -0.2) is 4.79 Å². The Bertz CT molecular complexity index is 408. The van der Waals surface area contributed by atoms with Crippen LogP contribution in [0, 0.1) is 0 Å². The fraction of sp³-hybridized carbons (Fsp3) is 0.167. The average Bonchev–Trinajstić information content (AvgIpc) is 2.51. The van der Waals surface area contributed by atoms with Crippen molar-refractivity contribution in [2.45, 2.75) is 6.04 Å². The lowest BCUT2D eigenvalue weighted by atomic mass is 10.2. The lowest BCUT2D eigenvalue weighted by Gasteiger charge is -2.05. The number of rotatable bonds is 3. The van der Waals surface area contributed by atoms with E-state index in [1.807, 2.05) is 0 Å². The van der Waals surface area contributed by atoms with Crippen molar-refractivity contribution in [3.05, 3.63) is 24.2 Å². The van der Waals surface area contributed by atoms with Gasteiger partial charge in [0, 0.05) is 0 Å². The molecule has 8 heteroatoms. The summed E-state index contributed by atoms with van der Waals surface area (Å²) in [5, 5.41) is 0. The topological polar surface area (TPSA) is 120 Å². The van der Waals surface area contributed by atoms with Crippen molar-refractivity contribution < 1.29 is 26.4 Å². The zero-order valence-corrected chi connectivity index (χ0v) is 7.60. The zero-order chi connectivity index (χ0) is 10.8. The normalized spacial score (nSPS) is 13.6. The summed E-state index contributed by atoms with van der Waals surface area (Å²) in [6.45, 7) is 0. The monoisotopic (exact) mass is 221 g/mol. The Morgan fingerprint density at radius 3 is 2.71 bits per heavy atom. The van der Waals surface area contributed by atoms with E-state index < -0.39 is 22.4 Å². The highest BCUT2D eigenvalue weighted by Gasteiger charge is 2.24. The highest BCUT2D eigenvalue weighted by molar-refractivity contribution is 7.81. The molecule has 0 saturated carbocycles. The van der Waals surface area contributed by atoms with E-state index in [-0.39, 0.29) is 5.76 Å². The van der Waals surface area contributed by atoms with Crippen LogP contribution in [-0.2, 0) is 19.4 Å². The van der Waals surface area contributed by atoms with Gasteiger partial charge in [-0.1, -0.05) is 0 Å². The molecule has 7 nitrogen and oxygen atoms in total. The van der Waals surface area contributed by atoms with Gasteiger partial charge in [0.25, 0.3) is 0 Å². The third-order valence-electron chi connectivity index (χ3n) is 1.29. The number of hydrogen-bond acceptors (Lipinski definition) is 6. The summed E-state index contributed by atoms with van der Waals surface area (Å²) in [5.41, 5.74) is 5.25. The van der Waals surface area contributed by atoms with Crippen molar-refractivity contribution in [3.8, 4) is 0 Å². The van der Waals surface area contributed by atoms with Gasteiger partial charge in [-0.05, 0) is 12.1 Å². The maximum atomic E-state index is 10.9. The zero-order valence-electron chi connectivity index (χ0n) is 6.78. The van der Waals surface area contributed by atoms with Crippen molar-refractivity contribution in [3.63, 3.8) is 0 Å². The third-order valence-corrected chi connectivity index (χ3v) is 1.67. The molecule has 0 aromatic carbocycles. The van der Waals surface area contributed by atoms with Gasteiger partial charge in [0.05, 0.1) is 6.26 Å². The molecule has 1 unspecified atom stereocenters. The first kappa shape index (κ1) is 10.7. The van der Waals surface area contributed by atoms with Crippen LogP contribution in [0.15, 0.2) is 22.8 Å². The van der Waals surface area contributed by atoms with E-state index in [0.29, 0.717) is 0 Å². The lowest BCUT2D eigenvalue weighted by molar-refractivity contribution is -0.136. The minimum Gasteiger partial charge on any atom is -0.467 e. The van der Waals surface area contributed by atoms with Gasteiger partial charge >= 0.3 is 16.4 Å². The van der Waals surface area contributed by atoms with Gasteiger partial charge in [0.15, 0.2) is 6.04 Å². The van der Waals surface area contributed by atoms with Crippen LogP contribution in [0.5, 0.6) is 0 Å². The molecule has 0 aliphatic carbocycles. The predicted molar refractivity (Wildman–Crippen MR) is 43.3 cm³/mol. The quantitative estimate of drug-likeness (QED) is 0.667. The van der Waals surface area contributed by atoms with Crippen molar-refractivity contribution in [1.82, 2.24) is 0 Å². The number of furan rings is 1. The van der Waals surface area contributed by atoms with Gasteiger partial charge in [-0.15, -0.1) is 0 Å². The average molecular weight is 221 g/mol. The van der Waals surface area contributed by atoms with Gasteiger partial charge in [-0.3, -0.25) is 4.55 Å². The molecule has 0 amide bonds. The minimum atomic E-state index is -4.83. The van der Waals surface area contributed by atoms with Crippen molar-refractivity contribution in [2.75, 3.05) is 0 Å². The second-order valence-electron chi connectivity index (χ2n) is 2.32. The maximum absolute atomic E-state index is 10.9. The summed E-state index contributed by atoms with van der Waals surface area (Å²) in [6.07, 6.45) is 1.26. The summed E-state index contributed by atoms with van der Waals surface area (Å²) in [6, 6.07) is 1.46. The van der Waals surface area contributed by atoms with Crippen LogP contribution < -0.4 is 5.73 Å². The Hall–Kier alpha value is -1.38. The van der Waals surface area contributed by atoms with E-state index in [1.165, 1.54) is 18.4 Å². The largest absolute Gasteiger partial charge is 0.467 e. The van der Waals surface area contributed by atoms with Gasteiger partial charge < -0.3 is 14.3 Å². The minimum absolute atomic E-state index is 0.0404. The van der Waals surface area contributed by atoms with Crippen LogP contribution in [0.2, 0.25) is 0 Å². The van der Waals surface area contributed by atoms with Crippen LogP contribution in [0.25, 0.3) is 0 Å². The molecule has 0 spiro atoms. The molecule has 0 fully saturated rings. The van der Waals surface area contributed by atoms with Crippen LogP contribution in [0.3, 0.4) is 0 Å². The first-order chi connectivity index (χ1) is 6.40.